The van der Waals surface area contributed by atoms with Crippen LogP contribution in [-0.2, 0) is 24.3 Å². The summed E-state index contributed by atoms with van der Waals surface area (Å²) < 4.78 is 0. The molecule has 6 heteroatoms. The second-order valence-electron chi connectivity index (χ2n) is 7.09. The van der Waals surface area contributed by atoms with Crippen molar-refractivity contribution >= 4 is 28.9 Å². The molecule has 1 fully saturated rings. The van der Waals surface area contributed by atoms with Gasteiger partial charge in [0.15, 0.2) is 5.96 Å². The van der Waals surface area contributed by atoms with E-state index in [-0.39, 0.29) is 11.8 Å². The van der Waals surface area contributed by atoms with Crippen LogP contribution in [0.2, 0.25) is 0 Å². The highest BCUT2D eigenvalue weighted by atomic mass is 32.1. The van der Waals surface area contributed by atoms with E-state index in [1.165, 1.54) is 9.75 Å². The zero-order valence-corrected chi connectivity index (χ0v) is 17.6. The summed E-state index contributed by atoms with van der Waals surface area (Å²) >= 11 is 1.84. The summed E-state index contributed by atoms with van der Waals surface area (Å²) in [6, 6.07) is 12.3. The summed E-state index contributed by atoms with van der Waals surface area (Å²) in [6.45, 7) is 6.39. The highest BCUT2D eigenvalue weighted by Crippen LogP contribution is 2.27. The minimum atomic E-state index is 0.143. The lowest BCUT2D eigenvalue weighted by Gasteiger charge is -2.24. The van der Waals surface area contributed by atoms with Gasteiger partial charge < -0.3 is 16.0 Å². The van der Waals surface area contributed by atoms with E-state index in [0.29, 0.717) is 6.54 Å². The second kappa shape index (κ2) is 10.3. The van der Waals surface area contributed by atoms with Crippen LogP contribution in [0, 0.1) is 5.92 Å². The molecule has 1 aliphatic rings. The van der Waals surface area contributed by atoms with E-state index in [1.807, 2.05) is 35.6 Å². The van der Waals surface area contributed by atoms with Crippen LogP contribution in [0.1, 0.15) is 48.4 Å². The number of aryl methyl sites for hydroxylation is 1. The van der Waals surface area contributed by atoms with Crippen LogP contribution >= 0.6 is 11.3 Å². The van der Waals surface area contributed by atoms with Crippen molar-refractivity contribution in [1.82, 2.24) is 10.6 Å². The van der Waals surface area contributed by atoms with Crippen LogP contribution in [0.3, 0.4) is 0 Å². The molecule has 3 N–H and O–H groups in total. The Morgan fingerprint density at radius 3 is 2.64 bits per heavy atom. The van der Waals surface area contributed by atoms with E-state index in [2.05, 4.69) is 41.9 Å². The maximum absolute atomic E-state index is 12.1. The average molecular weight is 399 g/mol. The number of aliphatic imine (C=N–C) groups is 1. The molecule has 1 heterocycles. The Balaban J connectivity index is 1.57. The number of carbonyl (C=O) groups excluding carboxylic acids is 1. The van der Waals surface area contributed by atoms with Crippen LogP contribution in [-0.4, -0.2) is 18.4 Å². The third-order valence-corrected chi connectivity index (χ3v) is 6.16. The Morgan fingerprint density at radius 1 is 1.14 bits per heavy atom. The van der Waals surface area contributed by atoms with Gasteiger partial charge in [-0.15, -0.1) is 11.3 Å². The van der Waals surface area contributed by atoms with Gasteiger partial charge in [-0.2, -0.15) is 0 Å². The van der Waals surface area contributed by atoms with Crippen molar-refractivity contribution in [1.29, 1.82) is 0 Å². The standard InChI is InChI=1S/C22H30N4OS/c1-3-19-11-12-20(28-19)15-25-22(23-4-2)24-14-16-7-5-10-18(13-16)26-21(27)17-8-6-9-17/h5,7,10-13,17H,3-4,6,8-9,14-15H2,1-2H3,(H,26,27)(H2,23,24,25). The summed E-state index contributed by atoms with van der Waals surface area (Å²) in [7, 11) is 0. The lowest BCUT2D eigenvalue weighted by Crippen LogP contribution is -2.36. The van der Waals surface area contributed by atoms with Gasteiger partial charge in [-0.25, -0.2) is 4.99 Å². The van der Waals surface area contributed by atoms with E-state index < -0.39 is 0 Å². The molecule has 0 aliphatic heterocycles. The van der Waals surface area contributed by atoms with Crippen molar-refractivity contribution in [2.24, 2.45) is 10.9 Å². The van der Waals surface area contributed by atoms with E-state index >= 15 is 0 Å². The number of nitrogens with one attached hydrogen (secondary N) is 3. The van der Waals surface area contributed by atoms with E-state index in [1.54, 1.807) is 0 Å². The summed E-state index contributed by atoms with van der Waals surface area (Å²) in [6.07, 6.45) is 4.26. The maximum atomic E-state index is 12.1. The second-order valence-corrected chi connectivity index (χ2v) is 8.34. The molecule has 0 spiro atoms. The number of anilines is 1. The first-order valence-corrected chi connectivity index (χ1v) is 11.0. The van der Waals surface area contributed by atoms with Crippen LogP contribution in [0.15, 0.2) is 41.4 Å². The van der Waals surface area contributed by atoms with E-state index in [0.717, 1.165) is 56.0 Å². The fourth-order valence-electron chi connectivity index (χ4n) is 3.05. The van der Waals surface area contributed by atoms with Crippen molar-refractivity contribution in [3.63, 3.8) is 0 Å². The number of carbonyl (C=O) groups is 1. The van der Waals surface area contributed by atoms with Gasteiger partial charge in [-0.3, -0.25) is 4.79 Å². The largest absolute Gasteiger partial charge is 0.357 e. The number of benzene rings is 1. The first kappa shape index (κ1) is 20.4. The minimum Gasteiger partial charge on any atom is -0.357 e. The Kier molecular flexibility index (Phi) is 7.48. The summed E-state index contributed by atoms with van der Waals surface area (Å²) in [5.74, 6) is 1.14. The Labute approximate surface area is 171 Å². The molecule has 0 bridgehead atoms. The monoisotopic (exact) mass is 398 g/mol. The minimum absolute atomic E-state index is 0.143. The van der Waals surface area contributed by atoms with Crippen molar-refractivity contribution in [2.75, 3.05) is 11.9 Å². The summed E-state index contributed by atoms with van der Waals surface area (Å²) in [4.78, 5) is 19.5. The van der Waals surface area contributed by atoms with Gasteiger partial charge >= 0.3 is 0 Å². The van der Waals surface area contributed by atoms with Gasteiger partial charge in [0.25, 0.3) is 0 Å². The van der Waals surface area contributed by atoms with Crippen LogP contribution in [0.25, 0.3) is 0 Å². The number of hydrogen-bond donors (Lipinski definition) is 3. The number of nitrogens with zero attached hydrogens (tertiary/aromatic N) is 1. The number of amides is 1. The molecule has 0 radical (unpaired) electrons. The molecule has 0 saturated heterocycles. The zero-order chi connectivity index (χ0) is 19.8. The van der Waals surface area contributed by atoms with Crippen molar-refractivity contribution in [2.45, 2.75) is 52.6 Å². The molecule has 0 unspecified atom stereocenters. The molecule has 0 atom stereocenters. The molecule has 1 aliphatic carbocycles. The lowest BCUT2D eigenvalue weighted by molar-refractivity contribution is -0.122. The summed E-state index contributed by atoms with van der Waals surface area (Å²) in [5.41, 5.74) is 1.93. The first-order chi connectivity index (χ1) is 13.7. The Hall–Kier alpha value is -2.34. The van der Waals surface area contributed by atoms with E-state index in [9.17, 15) is 4.79 Å². The molecule has 1 amide bonds. The van der Waals surface area contributed by atoms with Gasteiger partial charge in [0.1, 0.15) is 0 Å². The van der Waals surface area contributed by atoms with Crippen LogP contribution in [0.5, 0.6) is 0 Å². The number of rotatable bonds is 8. The topological polar surface area (TPSA) is 65.5 Å². The normalized spacial score (nSPS) is 14.4. The highest BCUT2D eigenvalue weighted by molar-refractivity contribution is 7.11. The number of guanidine groups is 1. The third-order valence-electron chi connectivity index (χ3n) is 4.93. The van der Waals surface area contributed by atoms with Crippen molar-refractivity contribution in [3.05, 3.63) is 51.7 Å². The molecular weight excluding hydrogens is 368 g/mol. The molecule has 1 saturated carbocycles. The molecule has 1 aromatic heterocycles. The number of hydrogen-bond acceptors (Lipinski definition) is 3. The van der Waals surface area contributed by atoms with Crippen LogP contribution < -0.4 is 16.0 Å². The maximum Gasteiger partial charge on any atom is 0.227 e. The molecular formula is C22H30N4OS. The number of thiophene rings is 1. The molecule has 28 heavy (non-hydrogen) atoms. The summed E-state index contributed by atoms with van der Waals surface area (Å²) in [5, 5.41) is 9.73. The quantitative estimate of drug-likeness (QED) is 0.459. The van der Waals surface area contributed by atoms with Crippen molar-refractivity contribution in [3.8, 4) is 0 Å². The Morgan fingerprint density at radius 2 is 1.96 bits per heavy atom. The predicted octanol–water partition coefficient (Wildman–Crippen LogP) is 4.30. The highest BCUT2D eigenvalue weighted by Gasteiger charge is 2.25. The molecule has 150 valence electrons. The van der Waals surface area contributed by atoms with Crippen LogP contribution in [0.4, 0.5) is 5.69 Å². The van der Waals surface area contributed by atoms with Gasteiger partial charge in [0, 0.05) is 27.9 Å². The van der Waals surface area contributed by atoms with Gasteiger partial charge in [-0.1, -0.05) is 25.5 Å². The van der Waals surface area contributed by atoms with Crippen molar-refractivity contribution < 1.29 is 4.79 Å². The van der Waals surface area contributed by atoms with E-state index in [4.69, 9.17) is 4.99 Å². The fourth-order valence-corrected chi connectivity index (χ4v) is 3.95. The zero-order valence-electron chi connectivity index (χ0n) is 16.8. The lowest BCUT2D eigenvalue weighted by atomic mass is 9.85. The molecule has 3 rings (SSSR count). The first-order valence-electron chi connectivity index (χ1n) is 10.2. The molecule has 2 aromatic rings. The SMILES string of the molecule is CCNC(=NCc1cccc(NC(=O)C2CCC2)c1)NCc1ccc(CC)s1. The van der Waals surface area contributed by atoms with Gasteiger partial charge in [-0.05, 0) is 56.0 Å². The van der Waals surface area contributed by atoms with Gasteiger partial charge in [0.05, 0.1) is 13.1 Å². The fraction of sp³-hybridized carbons (Fsp3) is 0.455. The predicted molar refractivity (Wildman–Crippen MR) is 118 cm³/mol. The molecule has 5 nitrogen and oxygen atoms in total. The average Bonchev–Trinajstić information content (AvgIpc) is 3.11. The Bertz CT molecular complexity index is 810. The third kappa shape index (κ3) is 5.83. The smallest absolute Gasteiger partial charge is 0.227 e. The van der Waals surface area contributed by atoms with Gasteiger partial charge in [0.2, 0.25) is 5.91 Å². The molecule has 1 aromatic carbocycles.